The largest absolute Gasteiger partial charge is 0.534 e. The molecular formula is C17H9F3O4S. The van der Waals surface area contributed by atoms with E-state index < -0.39 is 21.4 Å². The van der Waals surface area contributed by atoms with Crippen molar-refractivity contribution in [3.05, 3.63) is 54.6 Å². The average molecular weight is 366 g/mol. The first-order valence-corrected chi connectivity index (χ1v) is 8.52. The Bertz CT molecular complexity index is 1220. The third-order valence-corrected chi connectivity index (χ3v) is 4.80. The lowest BCUT2D eigenvalue weighted by Crippen LogP contribution is -2.28. The van der Waals surface area contributed by atoms with Crippen LogP contribution in [0.25, 0.3) is 32.7 Å². The molecule has 128 valence electrons. The fourth-order valence-corrected chi connectivity index (χ4v) is 3.16. The SMILES string of the molecule is O=S(=O)(Oc1ccc2oc3c4ccccc4ccc3c2c1)C(F)(F)F. The summed E-state index contributed by atoms with van der Waals surface area (Å²) in [5.74, 6) is -0.430. The summed E-state index contributed by atoms with van der Waals surface area (Å²) in [6.07, 6.45) is 0. The second kappa shape index (κ2) is 5.13. The average Bonchev–Trinajstić information content (AvgIpc) is 2.92. The van der Waals surface area contributed by atoms with Gasteiger partial charge in [0.1, 0.15) is 16.9 Å². The first kappa shape index (κ1) is 15.8. The van der Waals surface area contributed by atoms with E-state index in [2.05, 4.69) is 4.18 Å². The van der Waals surface area contributed by atoms with Crippen LogP contribution in [0.3, 0.4) is 0 Å². The zero-order valence-corrected chi connectivity index (χ0v) is 13.2. The third-order valence-electron chi connectivity index (χ3n) is 3.82. The minimum absolute atomic E-state index is 0.420. The van der Waals surface area contributed by atoms with E-state index in [1.807, 2.05) is 30.3 Å². The number of fused-ring (bicyclic) bond motifs is 5. The molecule has 0 aliphatic heterocycles. The van der Waals surface area contributed by atoms with E-state index in [0.29, 0.717) is 21.9 Å². The summed E-state index contributed by atoms with van der Waals surface area (Å²) in [6.45, 7) is 0. The number of benzene rings is 3. The molecule has 0 N–H and O–H groups in total. The van der Waals surface area contributed by atoms with E-state index in [4.69, 9.17) is 4.42 Å². The third kappa shape index (κ3) is 2.49. The molecule has 1 aromatic heterocycles. The molecule has 0 unspecified atom stereocenters. The van der Waals surface area contributed by atoms with Gasteiger partial charge >= 0.3 is 15.6 Å². The van der Waals surface area contributed by atoms with Gasteiger partial charge in [0.05, 0.1) is 0 Å². The van der Waals surface area contributed by atoms with E-state index in [1.54, 1.807) is 6.07 Å². The highest BCUT2D eigenvalue weighted by Crippen LogP contribution is 2.36. The van der Waals surface area contributed by atoms with Crippen LogP contribution in [0.2, 0.25) is 0 Å². The topological polar surface area (TPSA) is 56.5 Å². The van der Waals surface area contributed by atoms with Gasteiger partial charge in [-0.2, -0.15) is 21.6 Å². The Morgan fingerprint density at radius 1 is 0.880 bits per heavy atom. The van der Waals surface area contributed by atoms with Crippen molar-refractivity contribution in [1.82, 2.24) is 0 Å². The first-order chi connectivity index (χ1) is 11.8. The van der Waals surface area contributed by atoms with Crippen LogP contribution >= 0.6 is 0 Å². The van der Waals surface area contributed by atoms with Gasteiger partial charge < -0.3 is 8.60 Å². The molecule has 3 aromatic carbocycles. The molecule has 0 amide bonds. The molecule has 0 radical (unpaired) electrons. The minimum atomic E-state index is -5.72. The summed E-state index contributed by atoms with van der Waals surface area (Å²) in [4.78, 5) is 0. The Morgan fingerprint density at radius 2 is 1.64 bits per heavy atom. The van der Waals surface area contributed by atoms with E-state index >= 15 is 0 Å². The quantitative estimate of drug-likeness (QED) is 0.371. The van der Waals surface area contributed by atoms with Gasteiger partial charge in [-0.15, -0.1) is 0 Å². The van der Waals surface area contributed by atoms with Crippen molar-refractivity contribution in [3.8, 4) is 5.75 Å². The summed E-state index contributed by atoms with van der Waals surface area (Å²) in [5, 5.41) is 2.92. The molecule has 0 atom stereocenters. The second-order valence-electron chi connectivity index (χ2n) is 5.41. The van der Waals surface area contributed by atoms with Crippen LogP contribution in [0.1, 0.15) is 0 Å². The fraction of sp³-hybridized carbons (Fsp3) is 0.0588. The molecule has 0 spiro atoms. The molecule has 4 rings (SSSR count). The van der Waals surface area contributed by atoms with Crippen molar-refractivity contribution in [2.75, 3.05) is 0 Å². The molecule has 0 aliphatic rings. The van der Waals surface area contributed by atoms with Crippen molar-refractivity contribution in [3.63, 3.8) is 0 Å². The van der Waals surface area contributed by atoms with Gasteiger partial charge in [-0.1, -0.05) is 30.3 Å². The zero-order valence-electron chi connectivity index (χ0n) is 12.4. The summed E-state index contributed by atoms with van der Waals surface area (Å²) in [5.41, 5.74) is -4.50. The highest BCUT2D eigenvalue weighted by atomic mass is 32.2. The summed E-state index contributed by atoms with van der Waals surface area (Å²) in [7, 11) is -5.72. The lowest BCUT2D eigenvalue weighted by Gasteiger charge is -2.09. The summed E-state index contributed by atoms with van der Waals surface area (Å²) >= 11 is 0. The lowest BCUT2D eigenvalue weighted by atomic mass is 10.1. The van der Waals surface area contributed by atoms with Gasteiger partial charge in [0.15, 0.2) is 0 Å². The van der Waals surface area contributed by atoms with Crippen LogP contribution in [-0.2, 0) is 10.1 Å². The van der Waals surface area contributed by atoms with E-state index in [9.17, 15) is 21.6 Å². The van der Waals surface area contributed by atoms with Gasteiger partial charge in [0.2, 0.25) is 0 Å². The molecule has 4 nitrogen and oxygen atoms in total. The predicted molar refractivity (Wildman–Crippen MR) is 86.8 cm³/mol. The second-order valence-corrected chi connectivity index (χ2v) is 6.94. The Balaban J connectivity index is 1.91. The van der Waals surface area contributed by atoms with E-state index in [0.717, 1.165) is 16.8 Å². The van der Waals surface area contributed by atoms with Gasteiger partial charge in [0.25, 0.3) is 0 Å². The van der Waals surface area contributed by atoms with Crippen LogP contribution in [-0.4, -0.2) is 13.9 Å². The monoisotopic (exact) mass is 366 g/mol. The van der Waals surface area contributed by atoms with Gasteiger partial charge in [-0.25, -0.2) is 0 Å². The first-order valence-electron chi connectivity index (χ1n) is 7.11. The number of hydrogen-bond acceptors (Lipinski definition) is 4. The summed E-state index contributed by atoms with van der Waals surface area (Å²) < 4.78 is 69.7. The van der Waals surface area contributed by atoms with Gasteiger partial charge in [0, 0.05) is 16.2 Å². The number of alkyl halides is 3. The van der Waals surface area contributed by atoms with Crippen LogP contribution < -0.4 is 4.18 Å². The highest BCUT2D eigenvalue weighted by molar-refractivity contribution is 7.88. The Kier molecular flexibility index (Phi) is 3.23. The number of halogens is 3. The molecule has 0 saturated carbocycles. The van der Waals surface area contributed by atoms with Crippen LogP contribution in [0.15, 0.2) is 59.0 Å². The highest BCUT2D eigenvalue weighted by Gasteiger charge is 2.48. The van der Waals surface area contributed by atoms with Crippen molar-refractivity contribution in [2.45, 2.75) is 5.51 Å². The molecule has 0 saturated heterocycles. The minimum Gasteiger partial charge on any atom is -0.455 e. The van der Waals surface area contributed by atoms with Crippen molar-refractivity contribution in [1.29, 1.82) is 0 Å². The molecule has 8 heteroatoms. The van der Waals surface area contributed by atoms with Crippen LogP contribution in [0, 0.1) is 0 Å². The van der Waals surface area contributed by atoms with Crippen LogP contribution in [0.5, 0.6) is 5.75 Å². The molecule has 0 bridgehead atoms. The van der Waals surface area contributed by atoms with Gasteiger partial charge in [-0.05, 0) is 29.7 Å². The Morgan fingerprint density at radius 3 is 2.40 bits per heavy atom. The van der Waals surface area contributed by atoms with Crippen molar-refractivity contribution >= 4 is 42.8 Å². The number of furan rings is 1. The smallest absolute Gasteiger partial charge is 0.455 e. The van der Waals surface area contributed by atoms with Crippen molar-refractivity contribution in [2.24, 2.45) is 0 Å². The molecule has 25 heavy (non-hydrogen) atoms. The van der Waals surface area contributed by atoms with E-state index in [-0.39, 0.29) is 0 Å². The fourth-order valence-electron chi connectivity index (χ4n) is 2.71. The number of hydrogen-bond donors (Lipinski definition) is 0. The maximum atomic E-state index is 12.5. The van der Waals surface area contributed by atoms with Crippen molar-refractivity contribution < 1.29 is 30.2 Å². The predicted octanol–water partition coefficient (Wildman–Crippen LogP) is 4.97. The molecule has 0 fully saturated rings. The zero-order chi connectivity index (χ0) is 17.8. The Labute approximate surface area is 139 Å². The standard InChI is InChI=1S/C17H9F3O4S/c18-17(19,20)25(21,22)24-11-6-8-15-14(9-11)13-7-5-10-3-1-2-4-12(10)16(13)23-15/h1-9H. The molecule has 0 aliphatic carbocycles. The van der Waals surface area contributed by atoms with E-state index in [1.165, 1.54) is 12.1 Å². The molecule has 4 aromatic rings. The normalized spacial score (nSPS) is 12.9. The molecule has 1 heterocycles. The van der Waals surface area contributed by atoms with Crippen LogP contribution in [0.4, 0.5) is 13.2 Å². The number of rotatable bonds is 2. The van der Waals surface area contributed by atoms with Gasteiger partial charge in [-0.3, -0.25) is 0 Å². The Hall–Kier alpha value is -2.74. The maximum Gasteiger partial charge on any atom is 0.534 e. The summed E-state index contributed by atoms with van der Waals surface area (Å²) in [6, 6.07) is 14.8. The molecular weight excluding hydrogens is 357 g/mol. The lowest BCUT2D eigenvalue weighted by molar-refractivity contribution is -0.0500. The maximum absolute atomic E-state index is 12.5.